The van der Waals surface area contributed by atoms with Gasteiger partial charge in [-0.1, -0.05) is 54.1 Å². The predicted octanol–water partition coefficient (Wildman–Crippen LogP) is 5.90. The zero-order valence-electron chi connectivity index (χ0n) is 12.3. The summed E-state index contributed by atoms with van der Waals surface area (Å²) < 4.78 is 0. The highest BCUT2D eigenvalue weighted by molar-refractivity contribution is 7.13. The molecule has 3 aromatic rings. The summed E-state index contributed by atoms with van der Waals surface area (Å²) in [6.07, 6.45) is 0. The maximum absolute atomic E-state index is 3.65. The normalized spacial score (nSPS) is 12.1. The van der Waals surface area contributed by atoms with Crippen LogP contribution in [0.3, 0.4) is 0 Å². The number of thiophene rings is 1. The van der Waals surface area contributed by atoms with Gasteiger partial charge in [-0.2, -0.15) is 0 Å². The van der Waals surface area contributed by atoms with Crippen molar-refractivity contribution < 1.29 is 0 Å². The Bertz CT molecular complexity index is 716. The molecule has 0 saturated heterocycles. The first kappa shape index (κ1) is 13.9. The van der Waals surface area contributed by atoms with Crippen molar-refractivity contribution >= 4 is 17.0 Å². The van der Waals surface area contributed by atoms with Gasteiger partial charge in [0.1, 0.15) is 0 Å². The third-order valence-electron chi connectivity index (χ3n) is 3.63. The molecule has 1 unspecified atom stereocenters. The molecule has 0 bridgehead atoms. The van der Waals surface area contributed by atoms with Crippen LogP contribution in [-0.2, 0) is 0 Å². The number of benzene rings is 2. The highest BCUT2D eigenvalue weighted by Crippen LogP contribution is 2.33. The molecule has 1 atom stereocenters. The van der Waals surface area contributed by atoms with E-state index < -0.39 is 0 Å². The fourth-order valence-corrected chi connectivity index (χ4v) is 3.28. The van der Waals surface area contributed by atoms with Crippen LogP contribution in [0.25, 0.3) is 10.4 Å². The van der Waals surface area contributed by atoms with E-state index in [9.17, 15) is 0 Å². The monoisotopic (exact) mass is 293 g/mol. The van der Waals surface area contributed by atoms with Crippen LogP contribution >= 0.6 is 11.3 Å². The third-order valence-corrected chi connectivity index (χ3v) is 4.53. The highest BCUT2D eigenvalue weighted by atomic mass is 32.1. The first-order chi connectivity index (χ1) is 10.2. The van der Waals surface area contributed by atoms with E-state index in [0.29, 0.717) is 0 Å². The van der Waals surface area contributed by atoms with Gasteiger partial charge >= 0.3 is 0 Å². The van der Waals surface area contributed by atoms with Crippen molar-refractivity contribution in [3.63, 3.8) is 0 Å². The summed E-state index contributed by atoms with van der Waals surface area (Å²) in [5.41, 5.74) is 5.07. The molecule has 0 aliphatic rings. The van der Waals surface area contributed by atoms with Crippen LogP contribution < -0.4 is 5.32 Å². The Morgan fingerprint density at radius 1 is 0.952 bits per heavy atom. The molecule has 0 aliphatic carbocycles. The second-order valence-electron chi connectivity index (χ2n) is 5.30. The van der Waals surface area contributed by atoms with Crippen molar-refractivity contribution in [2.45, 2.75) is 19.9 Å². The van der Waals surface area contributed by atoms with Gasteiger partial charge in [0.2, 0.25) is 0 Å². The molecule has 1 nitrogen and oxygen atoms in total. The van der Waals surface area contributed by atoms with Crippen LogP contribution in [0.5, 0.6) is 0 Å². The molecule has 0 amide bonds. The van der Waals surface area contributed by atoms with Crippen molar-refractivity contribution in [2.75, 3.05) is 5.32 Å². The molecule has 106 valence electrons. The standard InChI is InChI=1S/C19H19NS/c1-14-7-5-8-16(13-14)15(2)20-18-10-4-3-9-17(18)19-11-6-12-21-19/h3-13,15,20H,1-2H3. The molecule has 0 fully saturated rings. The number of para-hydroxylation sites is 1. The SMILES string of the molecule is Cc1cccc(C(C)Nc2ccccc2-c2cccs2)c1. The molecule has 2 aromatic carbocycles. The minimum atomic E-state index is 0.283. The van der Waals surface area contributed by atoms with E-state index >= 15 is 0 Å². The molecule has 21 heavy (non-hydrogen) atoms. The Kier molecular flexibility index (Phi) is 4.07. The van der Waals surface area contributed by atoms with Crippen LogP contribution in [0.15, 0.2) is 66.0 Å². The van der Waals surface area contributed by atoms with Crippen molar-refractivity contribution in [1.82, 2.24) is 0 Å². The predicted molar refractivity (Wildman–Crippen MR) is 93.0 cm³/mol. The smallest absolute Gasteiger partial charge is 0.0485 e. The van der Waals surface area contributed by atoms with Crippen molar-refractivity contribution in [2.24, 2.45) is 0 Å². The molecule has 1 aromatic heterocycles. The average molecular weight is 293 g/mol. The van der Waals surface area contributed by atoms with Crippen molar-refractivity contribution in [3.05, 3.63) is 77.2 Å². The van der Waals surface area contributed by atoms with Crippen LogP contribution in [-0.4, -0.2) is 0 Å². The Labute approximate surface area is 130 Å². The summed E-state index contributed by atoms with van der Waals surface area (Å²) in [5.74, 6) is 0. The van der Waals surface area contributed by atoms with Gasteiger partial charge < -0.3 is 5.32 Å². The number of hydrogen-bond acceptors (Lipinski definition) is 2. The van der Waals surface area contributed by atoms with E-state index in [-0.39, 0.29) is 6.04 Å². The minimum Gasteiger partial charge on any atom is -0.378 e. The summed E-state index contributed by atoms with van der Waals surface area (Å²) in [6, 6.07) is 21.7. The molecule has 0 radical (unpaired) electrons. The van der Waals surface area contributed by atoms with E-state index in [1.165, 1.54) is 27.3 Å². The minimum absolute atomic E-state index is 0.283. The summed E-state index contributed by atoms with van der Waals surface area (Å²) in [7, 11) is 0. The lowest BCUT2D eigenvalue weighted by atomic mass is 10.0. The van der Waals surface area contributed by atoms with E-state index in [2.05, 4.69) is 85.2 Å². The lowest BCUT2D eigenvalue weighted by Gasteiger charge is -2.18. The second-order valence-corrected chi connectivity index (χ2v) is 6.25. The molecular formula is C19H19NS. The molecule has 0 aliphatic heterocycles. The fraction of sp³-hybridized carbons (Fsp3) is 0.158. The van der Waals surface area contributed by atoms with E-state index in [4.69, 9.17) is 0 Å². The van der Waals surface area contributed by atoms with E-state index in [1.807, 2.05) is 0 Å². The van der Waals surface area contributed by atoms with E-state index in [0.717, 1.165) is 0 Å². The third kappa shape index (κ3) is 3.17. The molecular weight excluding hydrogens is 274 g/mol. The van der Waals surface area contributed by atoms with Gasteiger partial charge in [0.25, 0.3) is 0 Å². The van der Waals surface area contributed by atoms with Crippen LogP contribution in [0, 0.1) is 6.92 Å². The Balaban J connectivity index is 1.88. The van der Waals surface area contributed by atoms with Gasteiger partial charge in [0.15, 0.2) is 0 Å². The fourth-order valence-electron chi connectivity index (χ4n) is 2.51. The quantitative estimate of drug-likeness (QED) is 0.631. The zero-order valence-corrected chi connectivity index (χ0v) is 13.2. The zero-order chi connectivity index (χ0) is 14.7. The summed E-state index contributed by atoms with van der Waals surface area (Å²) in [4.78, 5) is 1.30. The van der Waals surface area contributed by atoms with E-state index in [1.54, 1.807) is 11.3 Å². The van der Waals surface area contributed by atoms with Gasteiger partial charge in [-0.25, -0.2) is 0 Å². The Hall–Kier alpha value is -2.06. The number of rotatable bonds is 4. The topological polar surface area (TPSA) is 12.0 Å². The summed E-state index contributed by atoms with van der Waals surface area (Å²) in [5, 5.41) is 5.77. The molecule has 1 heterocycles. The van der Waals surface area contributed by atoms with Crippen LogP contribution in [0.4, 0.5) is 5.69 Å². The van der Waals surface area contributed by atoms with Gasteiger partial charge in [0.05, 0.1) is 0 Å². The maximum Gasteiger partial charge on any atom is 0.0485 e. The first-order valence-corrected chi connectivity index (χ1v) is 8.08. The number of anilines is 1. The Morgan fingerprint density at radius 3 is 2.57 bits per heavy atom. The summed E-state index contributed by atoms with van der Waals surface area (Å²) >= 11 is 1.78. The van der Waals surface area contributed by atoms with Crippen molar-refractivity contribution in [1.29, 1.82) is 0 Å². The van der Waals surface area contributed by atoms with Gasteiger partial charge in [-0.3, -0.25) is 0 Å². The highest BCUT2D eigenvalue weighted by Gasteiger charge is 2.10. The van der Waals surface area contributed by atoms with Gasteiger partial charge in [-0.05, 0) is 36.9 Å². The number of hydrogen-bond donors (Lipinski definition) is 1. The molecule has 3 rings (SSSR count). The summed E-state index contributed by atoms with van der Waals surface area (Å²) in [6.45, 7) is 4.34. The van der Waals surface area contributed by atoms with Crippen LogP contribution in [0.1, 0.15) is 24.1 Å². The first-order valence-electron chi connectivity index (χ1n) is 7.20. The number of aryl methyl sites for hydroxylation is 1. The van der Waals surface area contributed by atoms with Gasteiger partial charge in [0, 0.05) is 22.2 Å². The lowest BCUT2D eigenvalue weighted by molar-refractivity contribution is 0.883. The second kappa shape index (κ2) is 6.15. The molecule has 2 heteroatoms. The molecule has 1 N–H and O–H groups in total. The number of nitrogens with one attached hydrogen (secondary N) is 1. The van der Waals surface area contributed by atoms with Gasteiger partial charge in [-0.15, -0.1) is 11.3 Å². The maximum atomic E-state index is 3.65. The molecule has 0 saturated carbocycles. The average Bonchev–Trinajstić information content (AvgIpc) is 3.02. The Morgan fingerprint density at radius 2 is 1.81 bits per heavy atom. The van der Waals surface area contributed by atoms with Crippen molar-refractivity contribution in [3.8, 4) is 10.4 Å². The molecule has 0 spiro atoms. The largest absolute Gasteiger partial charge is 0.378 e. The lowest BCUT2D eigenvalue weighted by Crippen LogP contribution is -2.07. The van der Waals surface area contributed by atoms with Crippen LogP contribution in [0.2, 0.25) is 0 Å².